The molecule has 10 heteroatoms. The number of aliphatic hydroxyl groups is 4. The molecule has 1 fully saturated rings. The minimum absolute atomic E-state index is 0.377. The summed E-state index contributed by atoms with van der Waals surface area (Å²) in [5.41, 5.74) is 1.90. The first-order valence-electron chi connectivity index (χ1n) is 8.86. The van der Waals surface area contributed by atoms with Crippen LogP contribution in [0.2, 0.25) is 0 Å². The van der Waals surface area contributed by atoms with E-state index in [1.807, 2.05) is 30.3 Å². The third kappa shape index (κ3) is 3.32. The Morgan fingerprint density at radius 2 is 1.79 bits per heavy atom. The molecular formula is C18H21N5O5. The van der Waals surface area contributed by atoms with Crippen molar-refractivity contribution in [2.75, 3.05) is 11.9 Å². The molecule has 5 unspecified atom stereocenters. The van der Waals surface area contributed by atoms with Crippen LogP contribution in [0, 0.1) is 0 Å². The van der Waals surface area contributed by atoms with Gasteiger partial charge in [-0.25, -0.2) is 15.0 Å². The quantitative estimate of drug-likeness (QED) is 0.388. The summed E-state index contributed by atoms with van der Waals surface area (Å²) in [7, 11) is 0. The zero-order valence-corrected chi connectivity index (χ0v) is 14.8. The maximum absolute atomic E-state index is 10.4. The first-order chi connectivity index (χ1) is 13.6. The molecule has 0 amide bonds. The van der Waals surface area contributed by atoms with Gasteiger partial charge in [-0.05, 0) is 5.56 Å². The summed E-state index contributed by atoms with van der Waals surface area (Å²) in [6, 6.07) is 9.75. The van der Waals surface area contributed by atoms with Gasteiger partial charge in [-0.15, -0.1) is 0 Å². The molecule has 0 aliphatic carbocycles. The summed E-state index contributed by atoms with van der Waals surface area (Å²) < 4.78 is 7.12. The van der Waals surface area contributed by atoms with E-state index in [-0.39, 0.29) is 0 Å². The Bertz CT molecular complexity index is 935. The van der Waals surface area contributed by atoms with Crippen LogP contribution in [0.15, 0.2) is 43.0 Å². The number of rotatable bonds is 5. The van der Waals surface area contributed by atoms with Gasteiger partial charge in [-0.3, -0.25) is 4.57 Å². The van der Waals surface area contributed by atoms with E-state index in [1.165, 1.54) is 17.2 Å². The van der Waals surface area contributed by atoms with Crippen LogP contribution >= 0.6 is 0 Å². The number of hydrogen-bond donors (Lipinski definition) is 5. The summed E-state index contributed by atoms with van der Waals surface area (Å²) in [4.78, 5) is 12.6. The highest BCUT2D eigenvalue weighted by atomic mass is 16.6. The fraction of sp³-hybridized carbons (Fsp3) is 0.389. The van der Waals surface area contributed by atoms with Gasteiger partial charge >= 0.3 is 0 Å². The number of aliphatic hydroxyl groups excluding tert-OH is 4. The number of anilines is 1. The summed E-state index contributed by atoms with van der Waals surface area (Å²) in [5, 5.41) is 43.1. The molecule has 0 bridgehead atoms. The highest BCUT2D eigenvalue weighted by molar-refractivity contribution is 5.83. The number of fused-ring (bicyclic) bond motifs is 1. The molecule has 28 heavy (non-hydrogen) atoms. The summed E-state index contributed by atoms with van der Waals surface area (Å²) in [6.45, 7) is -0.00347. The van der Waals surface area contributed by atoms with Crippen LogP contribution in [0.1, 0.15) is 11.8 Å². The highest BCUT2D eigenvalue weighted by Gasteiger charge is 2.44. The van der Waals surface area contributed by atoms with Gasteiger partial charge in [0.1, 0.15) is 42.6 Å². The molecule has 0 spiro atoms. The van der Waals surface area contributed by atoms with Crippen LogP contribution in [-0.2, 0) is 11.3 Å². The second-order valence-electron chi connectivity index (χ2n) is 6.60. The molecule has 5 atom stereocenters. The molecule has 1 saturated heterocycles. The van der Waals surface area contributed by atoms with E-state index in [1.54, 1.807) is 0 Å². The Labute approximate surface area is 160 Å². The molecule has 1 aliphatic heterocycles. The fourth-order valence-electron chi connectivity index (χ4n) is 3.29. The number of benzene rings is 1. The minimum Gasteiger partial charge on any atom is -0.394 e. The lowest BCUT2D eigenvalue weighted by molar-refractivity contribution is -0.250. The first-order valence-corrected chi connectivity index (χ1v) is 8.86. The second kappa shape index (κ2) is 7.78. The average molecular weight is 387 g/mol. The van der Waals surface area contributed by atoms with Crippen molar-refractivity contribution >= 4 is 17.0 Å². The van der Waals surface area contributed by atoms with Crippen LogP contribution in [0.25, 0.3) is 11.2 Å². The Hall–Kier alpha value is -2.63. The Balaban J connectivity index is 1.68. The summed E-state index contributed by atoms with van der Waals surface area (Å²) in [6.07, 6.45) is -3.66. The van der Waals surface area contributed by atoms with Crippen molar-refractivity contribution in [3.63, 3.8) is 0 Å². The zero-order valence-electron chi connectivity index (χ0n) is 14.8. The van der Waals surface area contributed by atoms with E-state index in [4.69, 9.17) is 4.74 Å². The predicted octanol–water partition coefficient (Wildman–Crippen LogP) is -0.589. The maximum Gasteiger partial charge on any atom is 0.183 e. The number of nitrogens with zero attached hydrogens (tertiary/aromatic N) is 4. The van der Waals surface area contributed by atoms with Crippen LogP contribution in [0.5, 0.6) is 0 Å². The summed E-state index contributed by atoms with van der Waals surface area (Å²) >= 11 is 0. The lowest BCUT2D eigenvalue weighted by Crippen LogP contribution is -2.56. The van der Waals surface area contributed by atoms with E-state index < -0.39 is 37.3 Å². The van der Waals surface area contributed by atoms with Crippen molar-refractivity contribution in [2.24, 2.45) is 0 Å². The zero-order chi connectivity index (χ0) is 19.7. The van der Waals surface area contributed by atoms with Crippen LogP contribution in [-0.4, -0.2) is 71.0 Å². The normalized spacial score (nSPS) is 27.8. The van der Waals surface area contributed by atoms with Crippen LogP contribution in [0.4, 0.5) is 5.82 Å². The van der Waals surface area contributed by atoms with Crippen molar-refractivity contribution in [3.8, 4) is 0 Å². The van der Waals surface area contributed by atoms with Crippen LogP contribution in [0.3, 0.4) is 0 Å². The maximum atomic E-state index is 10.4. The molecular weight excluding hydrogens is 366 g/mol. The Morgan fingerprint density at radius 3 is 2.54 bits per heavy atom. The third-order valence-corrected chi connectivity index (χ3v) is 4.81. The van der Waals surface area contributed by atoms with Gasteiger partial charge in [-0.1, -0.05) is 30.3 Å². The highest BCUT2D eigenvalue weighted by Crippen LogP contribution is 2.32. The van der Waals surface area contributed by atoms with Gasteiger partial charge in [0.05, 0.1) is 6.61 Å². The number of hydrogen-bond acceptors (Lipinski definition) is 9. The predicted molar refractivity (Wildman–Crippen MR) is 98.1 cm³/mol. The Morgan fingerprint density at radius 1 is 1.00 bits per heavy atom. The number of aromatic nitrogens is 4. The van der Waals surface area contributed by atoms with Gasteiger partial charge in [0, 0.05) is 6.54 Å². The molecule has 10 nitrogen and oxygen atoms in total. The first kappa shape index (κ1) is 18.7. The SMILES string of the molecule is OCC1OC(n2cnc3ncnc(NCc4ccccc4)c32)C(O)C(O)C1O. The standard InChI is InChI=1S/C18H21N5O5/c24-7-11-13(25)14(26)15(27)18(28-11)23-9-22-17-12(23)16(20-8-21-17)19-6-10-4-2-1-3-5-10/h1-5,8-9,11,13-15,18,24-27H,6-7H2,(H,19,20,21). The molecule has 5 N–H and O–H groups in total. The molecule has 148 valence electrons. The molecule has 0 radical (unpaired) electrons. The van der Waals surface area contributed by atoms with Crippen molar-refractivity contribution in [1.82, 2.24) is 19.5 Å². The molecule has 1 aliphatic rings. The van der Waals surface area contributed by atoms with Crippen molar-refractivity contribution in [1.29, 1.82) is 0 Å². The van der Waals surface area contributed by atoms with E-state index in [0.717, 1.165) is 5.56 Å². The van der Waals surface area contributed by atoms with Gasteiger partial charge in [-0.2, -0.15) is 0 Å². The fourth-order valence-corrected chi connectivity index (χ4v) is 3.29. The van der Waals surface area contributed by atoms with Crippen LogP contribution < -0.4 is 5.32 Å². The van der Waals surface area contributed by atoms with E-state index in [2.05, 4.69) is 20.3 Å². The third-order valence-electron chi connectivity index (χ3n) is 4.81. The van der Waals surface area contributed by atoms with Crippen molar-refractivity contribution in [2.45, 2.75) is 37.2 Å². The largest absolute Gasteiger partial charge is 0.394 e. The van der Waals surface area contributed by atoms with E-state index in [9.17, 15) is 20.4 Å². The number of ether oxygens (including phenoxy) is 1. The van der Waals surface area contributed by atoms with Crippen molar-refractivity contribution < 1.29 is 25.2 Å². The topological polar surface area (TPSA) is 146 Å². The molecule has 3 heterocycles. The number of imidazole rings is 1. The number of nitrogens with one attached hydrogen (secondary N) is 1. The van der Waals surface area contributed by atoms with E-state index in [0.29, 0.717) is 23.5 Å². The van der Waals surface area contributed by atoms with E-state index >= 15 is 0 Å². The van der Waals surface area contributed by atoms with Gasteiger partial charge in [0.25, 0.3) is 0 Å². The average Bonchev–Trinajstić information content (AvgIpc) is 3.16. The molecule has 1 aromatic carbocycles. The minimum atomic E-state index is -1.49. The van der Waals surface area contributed by atoms with Gasteiger partial charge in [0.2, 0.25) is 0 Å². The Kier molecular flexibility index (Phi) is 5.20. The lowest BCUT2D eigenvalue weighted by atomic mass is 9.98. The van der Waals surface area contributed by atoms with Gasteiger partial charge in [0.15, 0.2) is 17.7 Å². The smallest absolute Gasteiger partial charge is 0.183 e. The van der Waals surface area contributed by atoms with Crippen molar-refractivity contribution in [3.05, 3.63) is 48.5 Å². The molecule has 4 rings (SSSR count). The second-order valence-corrected chi connectivity index (χ2v) is 6.60. The summed E-state index contributed by atoms with van der Waals surface area (Å²) in [5.74, 6) is 0.475. The molecule has 0 saturated carbocycles. The monoisotopic (exact) mass is 387 g/mol. The molecule has 2 aromatic heterocycles. The van der Waals surface area contributed by atoms with Gasteiger partial charge < -0.3 is 30.5 Å². The molecule has 3 aromatic rings. The lowest BCUT2D eigenvalue weighted by Gasteiger charge is -2.40.